The maximum atomic E-state index is 12.4. The molecule has 1 aliphatic heterocycles. The summed E-state index contributed by atoms with van der Waals surface area (Å²) in [5, 5.41) is 0. The van der Waals surface area contributed by atoms with Gasteiger partial charge >= 0.3 is 0 Å². The predicted octanol–water partition coefficient (Wildman–Crippen LogP) is 4.39. The number of benzene rings is 2. The van der Waals surface area contributed by atoms with Gasteiger partial charge in [-0.1, -0.05) is 12.1 Å². The third kappa shape index (κ3) is 4.08. The number of aryl methyl sites for hydroxylation is 1. The second-order valence-electron chi connectivity index (χ2n) is 5.48. The van der Waals surface area contributed by atoms with Crippen molar-refractivity contribution in [2.75, 3.05) is 19.5 Å². The molecule has 4 heteroatoms. The van der Waals surface area contributed by atoms with Gasteiger partial charge in [0.25, 0.3) is 0 Å². The zero-order chi connectivity index (χ0) is 16.1. The van der Waals surface area contributed by atoms with E-state index in [-0.39, 0.29) is 5.78 Å². The Kier molecular flexibility index (Phi) is 5.23. The molecule has 3 rings (SSSR count). The molecule has 1 aliphatic rings. The Labute approximate surface area is 141 Å². The van der Waals surface area contributed by atoms with E-state index in [4.69, 9.17) is 9.47 Å². The predicted molar refractivity (Wildman–Crippen MR) is 92.9 cm³/mol. The van der Waals surface area contributed by atoms with Crippen molar-refractivity contribution in [3.8, 4) is 11.5 Å². The Hall–Kier alpha value is -1.94. The van der Waals surface area contributed by atoms with Crippen molar-refractivity contribution >= 4 is 17.5 Å². The molecule has 0 bridgehead atoms. The molecule has 2 aromatic carbocycles. The number of hydrogen-bond acceptors (Lipinski definition) is 4. The van der Waals surface area contributed by atoms with Crippen molar-refractivity contribution in [1.82, 2.24) is 0 Å². The summed E-state index contributed by atoms with van der Waals surface area (Å²) in [4.78, 5) is 13.4. The number of ether oxygens (including phenoxy) is 2. The van der Waals surface area contributed by atoms with E-state index >= 15 is 0 Å². The minimum absolute atomic E-state index is 0.201. The maximum Gasteiger partial charge on any atom is 0.162 e. The Morgan fingerprint density at radius 2 is 2.04 bits per heavy atom. The average Bonchev–Trinajstić information content (AvgIpc) is 2.61. The van der Waals surface area contributed by atoms with Crippen molar-refractivity contribution in [2.45, 2.75) is 24.2 Å². The van der Waals surface area contributed by atoms with Gasteiger partial charge in [0.05, 0.1) is 18.6 Å². The first-order chi connectivity index (χ1) is 11.3. The van der Waals surface area contributed by atoms with E-state index in [2.05, 4.69) is 12.1 Å². The van der Waals surface area contributed by atoms with Crippen LogP contribution in [0.1, 0.15) is 28.8 Å². The number of ketones is 1. The zero-order valence-electron chi connectivity index (χ0n) is 13.2. The minimum atomic E-state index is 0.201. The minimum Gasteiger partial charge on any atom is -0.497 e. The molecule has 23 heavy (non-hydrogen) atoms. The lowest BCUT2D eigenvalue weighted by Gasteiger charge is -2.17. The third-order valence-corrected chi connectivity index (χ3v) is 4.89. The van der Waals surface area contributed by atoms with Crippen LogP contribution >= 0.6 is 11.8 Å². The fraction of sp³-hybridized carbons (Fsp3) is 0.316. The van der Waals surface area contributed by atoms with Gasteiger partial charge in [-0.05, 0) is 48.7 Å². The number of carbonyl (C=O) groups is 1. The molecular formula is C19H20O3S. The van der Waals surface area contributed by atoms with Crippen LogP contribution in [-0.2, 0) is 6.42 Å². The number of rotatable bonds is 6. The third-order valence-electron chi connectivity index (χ3n) is 3.89. The van der Waals surface area contributed by atoms with Crippen LogP contribution in [0.3, 0.4) is 0 Å². The first kappa shape index (κ1) is 15.9. The number of carbonyl (C=O) groups excluding carboxylic acids is 1. The van der Waals surface area contributed by atoms with Crippen LogP contribution in [0.25, 0.3) is 0 Å². The highest BCUT2D eigenvalue weighted by Crippen LogP contribution is 2.34. The van der Waals surface area contributed by atoms with Crippen molar-refractivity contribution in [1.29, 1.82) is 0 Å². The van der Waals surface area contributed by atoms with E-state index in [0.29, 0.717) is 6.42 Å². The summed E-state index contributed by atoms with van der Waals surface area (Å²) in [5.74, 6) is 2.91. The lowest BCUT2D eigenvalue weighted by molar-refractivity contribution is 0.0980. The first-order valence-electron chi connectivity index (χ1n) is 7.82. The lowest BCUT2D eigenvalue weighted by atomic mass is 10.0. The van der Waals surface area contributed by atoms with Gasteiger partial charge in [0.1, 0.15) is 11.5 Å². The average molecular weight is 328 g/mol. The second kappa shape index (κ2) is 7.55. The van der Waals surface area contributed by atoms with Gasteiger partial charge in [-0.15, -0.1) is 11.8 Å². The highest BCUT2D eigenvalue weighted by molar-refractivity contribution is 7.99. The summed E-state index contributed by atoms with van der Waals surface area (Å²) >= 11 is 1.76. The number of fused-ring (bicyclic) bond motifs is 1. The molecule has 0 radical (unpaired) electrons. The number of hydrogen-bond donors (Lipinski definition) is 0. The van der Waals surface area contributed by atoms with Crippen molar-refractivity contribution in [3.05, 3.63) is 53.6 Å². The van der Waals surface area contributed by atoms with Gasteiger partial charge in [0.15, 0.2) is 5.78 Å². The molecule has 120 valence electrons. The second-order valence-corrected chi connectivity index (χ2v) is 6.62. The molecule has 0 amide bonds. The molecule has 0 spiro atoms. The smallest absolute Gasteiger partial charge is 0.162 e. The SMILES string of the molecule is COc1ccc(CCCC(=O)c2ccc3c(c2)SCCO3)cc1. The summed E-state index contributed by atoms with van der Waals surface area (Å²) in [6, 6.07) is 13.8. The van der Waals surface area contributed by atoms with E-state index in [0.717, 1.165) is 47.2 Å². The van der Waals surface area contributed by atoms with Gasteiger partial charge in [0.2, 0.25) is 0 Å². The molecule has 1 heterocycles. The van der Waals surface area contributed by atoms with Crippen molar-refractivity contribution < 1.29 is 14.3 Å². The summed E-state index contributed by atoms with van der Waals surface area (Å²) in [5.41, 5.74) is 2.02. The van der Waals surface area contributed by atoms with E-state index in [9.17, 15) is 4.79 Å². The van der Waals surface area contributed by atoms with Crippen LogP contribution in [-0.4, -0.2) is 25.3 Å². The largest absolute Gasteiger partial charge is 0.497 e. The molecule has 0 atom stereocenters. The fourth-order valence-corrected chi connectivity index (χ4v) is 3.47. The fourth-order valence-electron chi connectivity index (χ4n) is 2.61. The van der Waals surface area contributed by atoms with Crippen LogP contribution in [0.4, 0.5) is 0 Å². The Morgan fingerprint density at radius 1 is 1.22 bits per heavy atom. The van der Waals surface area contributed by atoms with Crippen molar-refractivity contribution in [3.63, 3.8) is 0 Å². The summed E-state index contributed by atoms with van der Waals surface area (Å²) < 4.78 is 10.7. The van der Waals surface area contributed by atoms with Gasteiger partial charge in [-0.25, -0.2) is 0 Å². The topological polar surface area (TPSA) is 35.5 Å². The highest BCUT2D eigenvalue weighted by Gasteiger charge is 2.14. The molecular weight excluding hydrogens is 308 g/mol. The number of methoxy groups -OCH3 is 1. The van der Waals surface area contributed by atoms with Crippen LogP contribution in [0, 0.1) is 0 Å². The number of thioether (sulfide) groups is 1. The van der Waals surface area contributed by atoms with Crippen LogP contribution < -0.4 is 9.47 Å². The van der Waals surface area contributed by atoms with Gasteiger partial charge < -0.3 is 9.47 Å². The summed E-state index contributed by atoms with van der Waals surface area (Å²) in [7, 11) is 1.66. The molecule has 0 saturated heterocycles. The van der Waals surface area contributed by atoms with E-state index in [1.54, 1.807) is 18.9 Å². The van der Waals surface area contributed by atoms with Gasteiger partial charge in [-0.3, -0.25) is 4.79 Å². The summed E-state index contributed by atoms with van der Waals surface area (Å²) in [6.07, 6.45) is 2.32. The lowest BCUT2D eigenvalue weighted by Crippen LogP contribution is -2.08. The quantitative estimate of drug-likeness (QED) is 0.737. The van der Waals surface area contributed by atoms with Crippen LogP contribution in [0.15, 0.2) is 47.4 Å². The summed E-state index contributed by atoms with van der Waals surface area (Å²) in [6.45, 7) is 0.743. The standard InChI is InChI=1S/C19H20O3S/c1-21-16-8-5-14(6-9-16)3-2-4-17(20)15-7-10-18-19(13-15)23-12-11-22-18/h5-10,13H,2-4,11-12H2,1H3. The normalized spacial score (nSPS) is 13.1. The van der Waals surface area contributed by atoms with Crippen LogP contribution in [0.5, 0.6) is 11.5 Å². The maximum absolute atomic E-state index is 12.4. The first-order valence-corrected chi connectivity index (χ1v) is 8.80. The van der Waals surface area contributed by atoms with Crippen molar-refractivity contribution in [2.24, 2.45) is 0 Å². The molecule has 0 N–H and O–H groups in total. The van der Waals surface area contributed by atoms with Gasteiger partial charge in [-0.2, -0.15) is 0 Å². The number of Topliss-reactive ketones (excluding diaryl/α,β-unsaturated/α-hetero) is 1. The van der Waals surface area contributed by atoms with E-state index in [1.807, 2.05) is 30.3 Å². The van der Waals surface area contributed by atoms with E-state index < -0.39 is 0 Å². The molecule has 0 aromatic heterocycles. The highest BCUT2D eigenvalue weighted by atomic mass is 32.2. The molecule has 0 saturated carbocycles. The molecule has 0 unspecified atom stereocenters. The monoisotopic (exact) mass is 328 g/mol. The Balaban J connectivity index is 1.54. The van der Waals surface area contributed by atoms with E-state index in [1.165, 1.54) is 5.56 Å². The van der Waals surface area contributed by atoms with Crippen LogP contribution in [0.2, 0.25) is 0 Å². The zero-order valence-corrected chi connectivity index (χ0v) is 14.0. The Morgan fingerprint density at radius 3 is 2.83 bits per heavy atom. The molecule has 0 fully saturated rings. The molecule has 0 aliphatic carbocycles. The van der Waals surface area contributed by atoms with Gasteiger partial charge in [0, 0.05) is 17.7 Å². The Bertz CT molecular complexity index is 680. The molecule has 3 nitrogen and oxygen atoms in total. The molecule has 2 aromatic rings.